The van der Waals surface area contributed by atoms with Crippen LogP contribution >= 0.6 is 11.8 Å². The van der Waals surface area contributed by atoms with E-state index < -0.39 is 0 Å². The summed E-state index contributed by atoms with van der Waals surface area (Å²) in [7, 11) is 0. The number of aliphatic imine (C=N–C) groups is 1. The number of hydrogen-bond acceptors (Lipinski definition) is 2. The predicted molar refractivity (Wildman–Crippen MR) is 40.0 cm³/mol. The van der Waals surface area contributed by atoms with Crippen LogP contribution < -0.4 is 0 Å². The number of nitrogens with one attached hydrogen (secondary N) is 1. The molecule has 0 amide bonds. The fourth-order valence-electron chi connectivity index (χ4n) is 0.337. The van der Waals surface area contributed by atoms with Crippen molar-refractivity contribution in [1.29, 1.82) is 5.41 Å². The predicted octanol–water partition coefficient (Wildman–Crippen LogP) is 1.76. The van der Waals surface area contributed by atoms with Gasteiger partial charge in [0.15, 0.2) is 0 Å². The largest absolute Gasteiger partial charge is 0.289 e. The highest BCUT2D eigenvalue weighted by Gasteiger charge is 1.83. The Labute approximate surface area is 53.9 Å². The van der Waals surface area contributed by atoms with Crippen LogP contribution in [0.3, 0.4) is 0 Å². The maximum absolute atomic E-state index is 6.59. The molecule has 0 bridgehead atoms. The highest BCUT2D eigenvalue weighted by molar-refractivity contribution is 8.13. The third-order valence-electron chi connectivity index (χ3n) is 0.600. The molecule has 0 spiro atoms. The number of nitrogens with zero attached hydrogens (tertiary/aromatic N) is 1. The molecule has 8 heavy (non-hydrogen) atoms. The lowest BCUT2D eigenvalue weighted by atomic mass is 10.9. The molecule has 0 unspecified atom stereocenters. The van der Waals surface area contributed by atoms with E-state index in [2.05, 4.69) is 11.9 Å². The fourth-order valence-corrected chi connectivity index (χ4v) is 0.882. The van der Waals surface area contributed by atoms with Gasteiger partial charge in [0.2, 0.25) is 0 Å². The molecule has 0 saturated heterocycles. The standard InChI is InChI=1S/C5H10N2S/c1-3-8-5(2)7-4-6/h4,6H,3H2,1-2H3. The molecule has 0 heterocycles. The van der Waals surface area contributed by atoms with Crippen molar-refractivity contribution < 1.29 is 0 Å². The average molecular weight is 130 g/mol. The number of hydrogen-bond donors (Lipinski definition) is 1. The minimum absolute atomic E-state index is 0.961. The molecule has 0 aromatic heterocycles. The van der Waals surface area contributed by atoms with E-state index in [1.807, 2.05) is 6.92 Å². The van der Waals surface area contributed by atoms with E-state index in [0.717, 1.165) is 17.1 Å². The molecule has 0 aromatic rings. The van der Waals surface area contributed by atoms with Crippen LogP contribution in [0.25, 0.3) is 0 Å². The first-order chi connectivity index (χ1) is 3.81. The maximum Gasteiger partial charge on any atom is 0.107 e. The van der Waals surface area contributed by atoms with E-state index >= 15 is 0 Å². The Kier molecular flexibility index (Phi) is 4.65. The monoisotopic (exact) mass is 130 g/mol. The Hall–Kier alpha value is -0.310. The minimum atomic E-state index is 0.961. The zero-order chi connectivity index (χ0) is 6.41. The highest BCUT2D eigenvalue weighted by atomic mass is 32.2. The van der Waals surface area contributed by atoms with Crippen LogP contribution in [0.2, 0.25) is 0 Å². The van der Waals surface area contributed by atoms with Crippen molar-refractivity contribution in [3.8, 4) is 0 Å². The summed E-state index contributed by atoms with van der Waals surface area (Å²) in [5, 5.41) is 7.55. The molecule has 0 aromatic carbocycles. The van der Waals surface area contributed by atoms with Crippen LogP contribution in [0.4, 0.5) is 0 Å². The minimum Gasteiger partial charge on any atom is -0.289 e. The molecule has 0 saturated carbocycles. The van der Waals surface area contributed by atoms with Gasteiger partial charge in [-0.25, -0.2) is 4.99 Å². The van der Waals surface area contributed by atoms with Crippen LogP contribution in [-0.4, -0.2) is 17.1 Å². The molecule has 0 rings (SSSR count). The van der Waals surface area contributed by atoms with Gasteiger partial charge in [0.05, 0.1) is 5.04 Å². The van der Waals surface area contributed by atoms with Gasteiger partial charge in [0.1, 0.15) is 6.34 Å². The smallest absolute Gasteiger partial charge is 0.107 e. The van der Waals surface area contributed by atoms with Crippen LogP contribution in [0.5, 0.6) is 0 Å². The summed E-state index contributed by atoms with van der Waals surface area (Å²) in [6.45, 7) is 3.97. The third kappa shape index (κ3) is 3.87. The second-order valence-corrected chi connectivity index (χ2v) is 2.67. The molecule has 0 fully saturated rings. The molecule has 0 aliphatic rings. The number of thioether (sulfide) groups is 1. The van der Waals surface area contributed by atoms with E-state index in [0.29, 0.717) is 0 Å². The Bertz CT molecular complexity index is 98.6. The summed E-state index contributed by atoms with van der Waals surface area (Å²) in [5.41, 5.74) is 0. The topological polar surface area (TPSA) is 36.2 Å². The molecule has 0 aliphatic heterocycles. The van der Waals surface area contributed by atoms with E-state index in [9.17, 15) is 0 Å². The quantitative estimate of drug-likeness (QED) is 0.449. The maximum atomic E-state index is 6.59. The first kappa shape index (κ1) is 7.69. The van der Waals surface area contributed by atoms with E-state index in [1.165, 1.54) is 0 Å². The summed E-state index contributed by atoms with van der Waals surface area (Å²) < 4.78 is 0. The number of rotatable bonds is 2. The van der Waals surface area contributed by atoms with Crippen molar-refractivity contribution in [1.82, 2.24) is 0 Å². The van der Waals surface area contributed by atoms with E-state index in [4.69, 9.17) is 5.41 Å². The van der Waals surface area contributed by atoms with Crippen molar-refractivity contribution in [3.05, 3.63) is 0 Å². The van der Waals surface area contributed by atoms with Gasteiger partial charge in [-0.1, -0.05) is 6.92 Å². The summed E-state index contributed by atoms with van der Waals surface area (Å²) in [6, 6.07) is 0. The Morgan fingerprint density at radius 2 is 2.50 bits per heavy atom. The van der Waals surface area contributed by atoms with Crippen molar-refractivity contribution in [2.75, 3.05) is 5.75 Å². The van der Waals surface area contributed by atoms with Gasteiger partial charge in [0.25, 0.3) is 0 Å². The van der Waals surface area contributed by atoms with Gasteiger partial charge in [-0.2, -0.15) is 0 Å². The molecule has 46 valence electrons. The molecular formula is C5H10N2S. The summed E-state index contributed by atoms with van der Waals surface area (Å²) in [4.78, 5) is 3.74. The zero-order valence-corrected chi connectivity index (χ0v) is 5.96. The summed E-state index contributed by atoms with van der Waals surface area (Å²) in [5.74, 6) is 1.03. The normalized spacial score (nSPS) is 11.5. The Balaban J connectivity index is 3.44. The van der Waals surface area contributed by atoms with Gasteiger partial charge in [-0.3, -0.25) is 5.41 Å². The average Bonchev–Trinajstić information content (AvgIpc) is 1.68. The van der Waals surface area contributed by atoms with Crippen LogP contribution in [0, 0.1) is 5.41 Å². The van der Waals surface area contributed by atoms with Crippen LogP contribution in [0.15, 0.2) is 4.99 Å². The zero-order valence-electron chi connectivity index (χ0n) is 5.14. The molecule has 0 radical (unpaired) electrons. The van der Waals surface area contributed by atoms with Crippen molar-refractivity contribution in [2.45, 2.75) is 13.8 Å². The van der Waals surface area contributed by atoms with E-state index in [-0.39, 0.29) is 0 Å². The summed E-state index contributed by atoms with van der Waals surface area (Å²) in [6.07, 6.45) is 1.07. The fraction of sp³-hybridized carbons (Fsp3) is 0.600. The van der Waals surface area contributed by atoms with Gasteiger partial charge in [-0.05, 0) is 12.7 Å². The lowest BCUT2D eigenvalue weighted by Gasteiger charge is -1.89. The third-order valence-corrected chi connectivity index (χ3v) is 1.41. The van der Waals surface area contributed by atoms with Crippen molar-refractivity contribution in [2.24, 2.45) is 4.99 Å². The second-order valence-electron chi connectivity index (χ2n) is 1.21. The Morgan fingerprint density at radius 3 is 2.88 bits per heavy atom. The summed E-state index contributed by atoms with van der Waals surface area (Å²) >= 11 is 1.65. The molecule has 3 heteroatoms. The lowest BCUT2D eigenvalue weighted by molar-refractivity contribution is 1.51. The van der Waals surface area contributed by atoms with Crippen LogP contribution in [0.1, 0.15) is 13.8 Å². The van der Waals surface area contributed by atoms with Crippen molar-refractivity contribution >= 4 is 23.1 Å². The van der Waals surface area contributed by atoms with Gasteiger partial charge in [0, 0.05) is 0 Å². The van der Waals surface area contributed by atoms with Gasteiger partial charge < -0.3 is 0 Å². The first-order valence-corrected chi connectivity index (χ1v) is 3.46. The van der Waals surface area contributed by atoms with Crippen LogP contribution in [-0.2, 0) is 0 Å². The first-order valence-electron chi connectivity index (χ1n) is 2.47. The second kappa shape index (κ2) is 4.84. The highest BCUT2D eigenvalue weighted by Crippen LogP contribution is 2.00. The van der Waals surface area contributed by atoms with Gasteiger partial charge >= 0.3 is 0 Å². The van der Waals surface area contributed by atoms with E-state index in [1.54, 1.807) is 11.8 Å². The van der Waals surface area contributed by atoms with Crippen molar-refractivity contribution in [3.63, 3.8) is 0 Å². The Morgan fingerprint density at radius 1 is 1.88 bits per heavy atom. The molecular weight excluding hydrogens is 120 g/mol. The molecule has 2 nitrogen and oxygen atoms in total. The molecule has 0 aliphatic carbocycles. The molecule has 0 atom stereocenters. The lowest BCUT2D eigenvalue weighted by Crippen LogP contribution is -1.82. The molecule has 1 N–H and O–H groups in total. The SMILES string of the molecule is CCSC(C)=NC=N. The van der Waals surface area contributed by atoms with Gasteiger partial charge in [-0.15, -0.1) is 11.8 Å².